The number of aromatic nitrogens is 4. The molecule has 9 nitrogen and oxygen atoms in total. The molecule has 0 radical (unpaired) electrons. The Bertz CT molecular complexity index is 860. The number of carbonyl (C=O) groups excluding carboxylic acids is 2. The molecule has 2 amide bonds. The fourth-order valence-electron chi connectivity index (χ4n) is 4.02. The summed E-state index contributed by atoms with van der Waals surface area (Å²) < 4.78 is 7.46. The lowest BCUT2D eigenvalue weighted by molar-refractivity contribution is -0.145. The minimum Gasteiger partial charge on any atom is -0.368 e. The van der Waals surface area contributed by atoms with Crippen LogP contribution >= 0.6 is 0 Å². The van der Waals surface area contributed by atoms with Crippen molar-refractivity contribution in [1.29, 1.82) is 0 Å². The van der Waals surface area contributed by atoms with Gasteiger partial charge in [0.05, 0.1) is 12.2 Å². The summed E-state index contributed by atoms with van der Waals surface area (Å²) in [5.74, 6) is 0.161. The van der Waals surface area contributed by atoms with Crippen molar-refractivity contribution in [3.05, 3.63) is 18.1 Å². The van der Waals surface area contributed by atoms with E-state index < -0.39 is 0 Å². The highest BCUT2D eigenvalue weighted by molar-refractivity contribution is 5.81. The van der Waals surface area contributed by atoms with Crippen LogP contribution in [0.4, 0.5) is 0 Å². The highest BCUT2D eigenvalue weighted by atomic mass is 16.5. The molecule has 2 saturated heterocycles. The van der Waals surface area contributed by atoms with Crippen LogP contribution in [0, 0.1) is 0 Å². The predicted octanol–water partition coefficient (Wildman–Crippen LogP) is 0.847. The highest BCUT2D eigenvalue weighted by Gasteiger charge is 2.35. The van der Waals surface area contributed by atoms with Crippen LogP contribution in [0.25, 0.3) is 11.2 Å². The number of nitrogens with zero attached hydrogens (tertiary/aromatic N) is 5. The van der Waals surface area contributed by atoms with Crippen molar-refractivity contribution in [2.24, 2.45) is 0 Å². The standard InChI is InChI=1S/C19H26N6O3/c1-13(26)20-8-10-25-18-17(21-6-7-22-18)16(23-25)14-5-9-24(12-14)19(27)15-4-2-3-11-28-15/h6-7,14-15H,2-5,8-12H2,1H3,(H,20,26)/t14-,15-/m1/s1. The van der Waals surface area contributed by atoms with E-state index >= 15 is 0 Å². The average Bonchev–Trinajstić information content (AvgIpc) is 3.33. The number of likely N-dealkylation sites (tertiary alicyclic amines) is 1. The Morgan fingerprint density at radius 1 is 1.25 bits per heavy atom. The van der Waals surface area contributed by atoms with E-state index in [0.29, 0.717) is 38.4 Å². The smallest absolute Gasteiger partial charge is 0.251 e. The molecular weight excluding hydrogens is 360 g/mol. The minimum absolute atomic E-state index is 0.0716. The summed E-state index contributed by atoms with van der Waals surface area (Å²) in [6.07, 6.45) is 6.77. The van der Waals surface area contributed by atoms with Gasteiger partial charge in [0.15, 0.2) is 5.65 Å². The average molecular weight is 386 g/mol. The van der Waals surface area contributed by atoms with Gasteiger partial charge in [-0.15, -0.1) is 0 Å². The third-order valence-electron chi connectivity index (χ3n) is 5.43. The number of carbonyl (C=O) groups is 2. The van der Waals surface area contributed by atoms with Gasteiger partial charge in [-0.1, -0.05) is 0 Å². The molecule has 0 saturated carbocycles. The molecule has 0 aliphatic carbocycles. The van der Waals surface area contributed by atoms with Gasteiger partial charge in [-0.2, -0.15) is 5.10 Å². The lowest BCUT2D eigenvalue weighted by atomic mass is 10.0. The fourth-order valence-corrected chi connectivity index (χ4v) is 4.02. The Labute approximate surface area is 163 Å². The van der Waals surface area contributed by atoms with E-state index in [4.69, 9.17) is 9.84 Å². The summed E-state index contributed by atoms with van der Waals surface area (Å²) in [7, 11) is 0. The van der Waals surface area contributed by atoms with Crippen molar-refractivity contribution in [2.75, 3.05) is 26.2 Å². The molecule has 0 unspecified atom stereocenters. The number of ether oxygens (including phenoxy) is 1. The zero-order valence-corrected chi connectivity index (χ0v) is 16.1. The van der Waals surface area contributed by atoms with Crippen molar-refractivity contribution in [3.63, 3.8) is 0 Å². The molecule has 28 heavy (non-hydrogen) atoms. The first kappa shape index (κ1) is 18.8. The van der Waals surface area contributed by atoms with E-state index in [9.17, 15) is 9.59 Å². The third kappa shape index (κ3) is 3.84. The SMILES string of the molecule is CC(=O)NCCn1nc([C@@H]2CCN(C(=O)[C@H]3CCCCO3)C2)c2nccnc21. The summed E-state index contributed by atoms with van der Waals surface area (Å²) in [5.41, 5.74) is 2.37. The second-order valence-electron chi connectivity index (χ2n) is 7.44. The van der Waals surface area contributed by atoms with Gasteiger partial charge in [-0.25, -0.2) is 14.6 Å². The maximum atomic E-state index is 12.8. The number of fused-ring (bicyclic) bond motifs is 1. The van der Waals surface area contributed by atoms with E-state index in [1.54, 1.807) is 17.1 Å². The Balaban J connectivity index is 1.49. The molecule has 2 fully saturated rings. The second-order valence-corrected chi connectivity index (χ2v) is 7.44. The molecule has 0 aromatic carbocycles. The number of hydrogen-bond acceptors (Lipinski definition) is 6. The second kappa shape index (κ2) is 8.22. The van der Waals surface area contributed by atoms with E-state index in [-0.39, 0.29) is 23.8 Å². The number of rotatable bonds is 5. The number of nitrogens with one attached hydrogen (secondary N) is 1. The van der Waals surface area contributed by atoms with Crippen molar-refractivity contribution in [2.45, 2.75) is 51.2 Å². The Kier molecular flexibility index (Phi) is 5.52. The molecule has 4 rings (SSSR count). The van der Waals surface area contributed by atoms with Crippen LogP contribution in [0.5, 0.6) is 0 Å². The van der Waals surface area contributed by atoms with Gasteiger partial charge in [-0.3, -0.25) is 9.59 Å². The maximum absolute atomic E-state index is 12.8. The monoisotopic (exact) mass is 386 g/mol. The number of hydrogen-bond donors (Lipinski definition) is 1. The first-order valence-corrected chi connectivity index (χ1v) is 9.95. The van der Waals surface area contributed by atoms with Crippen LogP contribution in [0.3, 0.4) is 0 Å². The van der Waals surface area contributed by atoms with Crippen LogP contribution in [-0.2, 0) is 20.9 Å². The molecule has 2 aromatic heterocycles. The molecular formula is C19H26N6O3. The molecule has 150 valence electrons. The molecule has 2 aliphatic rings. The van der Waals surface area contributed by atoms with Gasteiger partial charge in [0, 0.05) is 51.5 Å². The quantitative estimate of drug-likeness (QED) is 0.817. The van der Waals surface area contributed by atoms with Crippen LogP contribution in [0.2, 0.25) is 0 Å². The molecule has 1 N–H and O–H groups in total. The van der Waals surface area contributed by atoms with Gasteiger partial charge in [0.1, 0.15) is 11.6 Å². The van der Waals surface area contributed by atoms with Crippen molar-refractivity contribution >= 4 is 23.0 Å². The van der Waals surface area contributed by atoms with Crippen LogP contribution in [0.1, 0.15) is 44.2 Å². The summed E-state index contributed by atoms with van der Waals surface area (Å²) in [6, 6.07) is 0. The number of amides is 2. The summed E-state index contributed by atoms with van der Waals surface area (Å²) >= 11 is 0. The Morgan fingerprint density at radius 2 is 2.11 bits per heavy atom. The van der Waals surface area contributed by atoms with Crippen molar-refractivity contribution < 1.29 is 14.3 Å². The van der Waals surface area contributed by atoms with E-state index in [2.05, 4.69) is 15.3 Å². The lowest BCUT2D eigenvalue weighted by Crippen LogP contribution is -2.40. The maximum Gasteiger partial charge on any atom is 0.251 e. The third-order valence-corrected chi connectivity index (χ3v) is 5.43. The van der Waals surface area contributed by atoms with Crippen molar-refractivity contribution in [3.8, 4) is 0 Å². The molecule has 0 spiro atoms. The van der Waals surface area contributed by atoms with Gasteiger partial charge in [0.2, 0.25) is 5.91 Å². The Hall–Kier alpha value is -2.55. The zero-order chi connectivity index (χ0) is 19.5. The van der Waals surface area contributed by atoms with E-state index in [0.717, 1.165) is 36.9 Å². The van der Waals surface area contributed by atoms with E-state index in [1.807, 2.05) is 4.90 Å². The molecule has 2 aromatic rings. The zero-order valence-electron chi connectivity index (χ0n) is 16.1. The minimum atomic E-state index is -0.292. The molecule has 2 aliphatic heterocycles. The van der Waals surface area contributed by atoms with Gasteiger partial charge in [-0.05, 0) is 25.7 Å². The summed E-state index contributed by atoms with van der Waals surface area (Å²) in [6.45, 7) is 4.52. The first-order valence-electron chi connectivity index (χ1n) is 9.95. The highest BCUT2D eigenvalue weighted by Crippen LogP contribution is 2.31. The van der Waals surface area contributed by atoms with E-state index in [1.165, 1.54) is 6.92 Å². The summed E-state index contributed by atoms with van der Waals surface area (Å²) in [5, 5.41) is 7.53. The molecule has 2 atom stereocenters. The van der Waals surface area contributed by atoms with Crippen LogP contribution < -0.4 is 5.32 Å². The summed E-state index contributed by atoms with van der Waals surface area (Å²) in [4.78, 5) is 34.7. The predicted molar refractivity (Wildman–Crippen MR) is 102 cm³/mol. The van der Waals surface area contributed by atoms with Gasteiger partial charge < -0.3 is 15.0 Å². The van der Waals surface area contributed by atoms with Crippen LogP contribution in [-0.4, -0.2) is 68.8 Å². The topological polar surface area (TPSA) is 102 Å². The molecule has 0 bridgehead atoms. The Morgan fingerprint density at radius 3 is 2.89 bits per heavy atom. The molecule has 4 heterocycles. The first-order chi connectivity index (χ1) is 13.6. The lowest BCUT2D eigenvalue weighted by Gasteiger charge is -2.26. The molecule has 9 heteroatoms. The van der Waals surface area contributed by atoms with Crippen LogP contribution in [0.15, 0.2) is 12.4 Å². The normalized spacial score (nSPS) is 22.5. The largest absolute Gasteiger partial charge is 0.368 e. The van der Waals surface area contributed by atoms with Gasteiger partial charge >= 0.3 is 0 Å². The van der Waals surface area contributed by atoms with Crippen molar-refractivity contribution in [1.82, 2.24) is 30.0 Å². The fraction of sp³-hybridized carbons (Fsp3) is 0.632. The van der Waals surface area contributed by atoms with Gasteiger partial charge in [0.25, 0.3) is 5.91 Å².